The predicted octanol–water partition coefficient (Wildman–Crippen LogP) is 3.19. The fraction of sp³-hybridized carbons (Fsp3) is 0.154. The fourth-order valence-electron chi connectivity index (χ4n) is 1.78. The van der Waals surface area contributed by atoms with Gasteiger partial charge in [0.1, 0.15) is 12.2 Å². The average Bonchev–Trinajstić information content (AvgIpc) is 2.37. The number of aliphatic carboxylic acids is 1. The van der Waals surface area contributed by atoms with Gasteiger partial charge in [0, 0.05) is 11.2 Å². The number of benzene rings is 1. The van der Waals surface area contributed by atoms with Crippen molar-refractivity contribution < 1.29 is 9.90 Å². The topological polar surface area (TPSA) is 63.1 Å². The van der Waals surface area contributed by atoms with Gasteiger partial charge in [-0.05, 0) is 24.1 Å². The van der Waals surface area contributed by atoms with Gasteiger partial charge in [0.2, 0.25) is 0 Å². The summed E-state index contributed by atoms with van der Waals surface area (Å²) in [4.78, 5) is 19.1. The number of hydrogen-bond acceptors (Lipinski definition) is 3. The summed E-state index contributed by atoms with van der Waals surface area (Å²) in [5, 5.41) is 10.1. The predicted molar refractivity (Wildman–Crippen MR) is 72.6 cm³/mol. The van der Waals surface area contributed by atoms with Gasteiger partial charge in [-0.2, -0.15) is 0 Å². The molecule has 19 heavy (non-hydrogen) atoms. The smallest absolute Gasteiger partial charge is 0.312 e. The second kappa shape index (κ2) is 5.99. The molecule has 0 saturated carbocycles. The van der Waals surface area contributed by atoms with Gasteiger partial charge in [-0.15, -0.1) is 0 Å². The highest BCUT2D eigenvalue weighted by Gasteiger charge is 2.24. The van der Waals surface area contributed by atoms with Crippen molar-refractivity contribution in [3.05, 3.63) is 58.1 Å². The zero-order valence-corrected chi connectivity index (χ0v) is 11.3. The van der Waals surface area contributed by atoms with Gasteiger partial charge in [0.05, 0.1) is 10.7 Å². The molecule has 0 aliphatic carbocycles. The molecule has 0 saturated heterocycles. The van der Waals surface area contributed by atoms with Crippen LogP contribution in [0.2, 0.25) is 10.0 Å². The Balaban J connectivity index is 2.32. The van der Waals surface area contributed by atoms with Crippen LogP contribution >= 0.6 is 23.2 Å². The van der Waals surface area contributed by atoms with E-state index in [0.29, 0.717) is 10.7 Å². The van der Waals surface area contributed by atoms with E-state index >= 15 is 0 Å². The van der Waals surface area contributed by atoms with E-state index in [1.54, 1.807) is 18.2 Å². The van der Waals surface area contributed by atoms with E-state index in [2.05, 4.69) is 9.97 Å². The SMILES string of the molecule is O=C(O)C(Cc1cccc(Cl)c1)c1ncncc1Cl. The largest absolute Gasteiger partial charge is 0.481 e. The van der Waals surface area contributed by atoms with Gasteiger partial charge >= 0.3 is 5.97 Å². The minimum absolute atomic E-state index is 0.247. The monoisotopic (exact) mass is 296 g/mol. The lowest BCUT2D eigenvalue weighted by molar-refractivity contribution is -0.138. The summed E-state index contributed by atoms with van der Waals surface area (Å²) in [6.07, 6.45) is 2.94. The van der Waals surface area contributed by atoms with Crippen LogP contribution in [0.1, 0.15) is 17.2 Å². The minimum Gasteiger partial charge on any atom is -0.481 e. The number of hydrogen-bond donors (Lipinski definition) is 1. The standard InChI is InChI=1S/C13H10Cl2N2O2/c14-9-3-1-2-8(4-9)5-10(13(18)19)12-11(15)6-16-7-17-12/h1-4,6-7,10H,5H2,(H,18,19). The second-order valence-electron chi connectivity index (χ2n) is 3.98. The van der Waals surface area contributed by atoms with Crippen molar-refractivity contribution in [2.75, 3.05) is 0 Å². The van der Waals surface area contributed by atoms with E-state index in [1.165, 1.54) is 12.5 Å². The molecule has 0 fully saturated rings. The first-order valence-electron chi connectivity index (χ1n) is 5.50. The van der Waals surface area contributed by atoms with Gasteiger partial charge in [0.15, 0.2) is 0 Å². The molecule has 1 unspecified atom stereocenters. The first-order chi connectivity index (χ1) is 9.08. The molecule has 1 aromatic heterocycles. The Morgan fingerprint density at radius 1 is 1.37 bits per heavy atom. The Labute approximate surface area is 120 Å². The number of aromatic nitrogens is 2. The second-order valence-corrected chi connectivity index (χ2v) is 4.82. The number of carbonyl (C=O) groups is 1. The normalized spacial score (nSPS) is 12.1. The zero-order chi connectivity index (χ0) is 13.8. The maximum absolute atomic E-state index is 11.4. The lowest BCUT2D eigenvalue weighted by atomic mass is 9.96. The lowest BCUT2D eigenvalue weighted by Gasteiger charge is -2.13. The van der Waals surface area contributed by atoms with Crippen LogP contribution < -0.4 is 0 Å². The molecule has 0 aliphatic rings. The molecular weight excluding hydrogens is 287 g/mol. The van der Waals surface area contributed by atoms with Gasteiger partial charge in [-0.1, -0.05) is 35.3 Å². The van der Waals surface area contributed by atoms with E-state index in [-0.39, 0.29) is 11.4 Å². The molecular formula is C13H10Cl2N2O2. The Bertz CT molecular complexity index is 605. The quantitative estimate of drug-likeness (QED) is 0.941. The van der Waals surface area contributed by atoms with Crippen LogP contribution in [0.4, 0.5) is 0 Å². The summed E-state index contributed by atoms with van der Waals surface area (Å²) in [6.45, 7) is 0. The summed E-state index contributed by atoms with van der Waals surface area (Å²) in [6, 6.07) is 7.06. The van der Waals surface area contributed by atoms with Crippen LogP contribution in [0.25, 0.3) is 0 Å². The van der Waals surface area contributed by atoms with Crippen molar-refractivity contribution in [2.24, 2.45) is 0 Å². The van der Waals surface area contributed by atoms with Crippen molar-refractivity contribution in [3.63, 3.8) is 0 Å². The Kier molecular flexibility index (Phi) is 4.35. The van der Waals surface area contributed by atoms with Crippen molar-refractivity contribution in [1.82, 2.24) is 9.97 Å². The van der Waals surface area contributed by atoms with Crippen LogP contribution in [-0.2, 0) is 11.2 Å². The third-order valence-corrected chi connectivity index (χ3v) is 3.18. The third kappa shape index (κ3) is 3.43. The maximum Gasteiger partial charge on any atom is 0.312 e. The lowest BCUT2D eigenvalue weighted by Crippen LogP contribution is -2.16. The first kappa shape index (κ1) is 13.8. The van der Waals surface area contributed by atoms with Crippen LogP contribution in [0.3, 0.4) is 0 Å². The fourth-order valence-corrected chi connectivity index (χ4v) is 2.23. The van der Waals surface area contributed by atoms with E-state index in [0.717, 1.165) is 5.56 Å². The molecule has 6 heteroatoms. The van der Waals surface area contributed by atoms with E-state index in [9.17, 15) is 9.90 Å². The zero-order valence-electron chi connectivity index (χ0n) is 9.75. The molecule has 98 valence electrons. The highest BCUT2D eigenvalue weighted by Crippen LogP contribution is 2.26. The third-order valence-electron chi connectivity index (χ3n) is 2.65. The molecule has 0 aliphatic heterocycles. The van der Waals surface area contributed by atoms with E-state index < -0.39 is 11.9 Å². The van der Waals surface area contributed by atoms with E-state index in [4.69, 9.17) is 23.2 Å². The maximum atomic E-state index is 11.4. The molecule has 0 spiro atoms. The molecule has 2 aromatic rings. The number of nitrogens with zero attached hydrogens (tertiary/aromatic N) is 2. The summed E-state index contributed by atoms with van der Waals surface area (Å²) in [5.74, 6) is -1.81. The molecule has 1 N–H and O–H groups in total. The average molecular weight is 297 g/mol. The highest BCUT2D eigenvalue weighted by molar-refractivity contribution is 6.31. The first-order valence-corrected chi connectivity index (χ1v) is 6.26. The van der Waals surface area contributed by atoms with Crippen LogP contribution in [0.15, 0.2) is 36.8 Å². The molecule has 0 radical (unpaired) electrons. The van der Waals surface area contributed by atoms with Crippen molar-refractivity contribution in [3.8, 4) is 0 Å². The van der Waals surface area contributed by atoms with E-state index in [1.807, 2.05) is 6.07 Å². The Morgan fingerprint density at radius 3 is 2.79 bits per heavy atom. The number of halogens is 2. The molecule has 4 nitrogen and oxygen atoms in total. The van der Waals surface area contributed by atoms with Crippen molar-refractivity contribution >= 4 is 29.2 Å². The molecule has 1 heterocycles. The molecule has 0 bridgehead atoms. The number of carboxylic acids is 1. The van der Waals surface area contributed by atoms with Gasteiger partial charge in [-0.25, -0.2) is 9.97 Å². The van der Waals surface area contributed by atoms with Crippen molar-refractivity contribution in [2.45, 2.75) is 12.3 Å². The van der Waals surface area contributed by atoms with Crippen LogP contribution in [-0.4, -0.2) is 21.0 Å². The Hall–Kier alpha value is -1.65. The summed E-state index contributed by atoms with van der Waals surface area (Å²) < 4.78 is 0. The minimum atomic E-state index is -0.986. The summed E-state index contributed by atoms with van der Waals surface area (Å²) in [5.41, 5.74) is 1.12. The van der Waals surface area contributed by atoms with Gasteiger partial charge in [0.25, 0.3) is 0 Å². The molecule has 2 rings (SSSR count). The van der Waals surface area contributed by atoms with Gasteiger partial charge in [-0.3, -0.25) is 4.79 Å². The highest BCUT2D eigenvalue weighted by atomic mass is 35.5. The Morgan fingerprint density at radius 2 is 2.16 bits per heavy atom. The van der Waals surface area contributed by atoms with Crippen LogP contribution in [0.5, 0.6) is 0 Å². The number of carboxylic acid groups (broad SMARTS) is 1. The summed E-state index contributed by atoms with van der Waals surface area (Å²) >= 11 is 11.8. The molecule has 0 amide bonds. The van der Waals surface area contributed by atoms with Gasteiger partial charge < -0.3 is 5.11 Å². The molecule has 1 aromatic carbocycles. The number of rotatable bonds is 4. The van der Waals surface area contributed by atoms with Crippen molar-refractivity contribution in [1.29, 1.82) is 0 Å². The van der Waals surface area contributed by atoms with Crippen LogP contribution in [0, 0.1) is 0 Å². The molecule has 1 atom stereocenters. The summed E-state index contributed by atoms with van der Waals surface area (Å²) in [7, 11) is 0.